The van der Waals surface area contributed by atoms with E-state index >= 15 is 0 Å². The zero-order valence-electron chi connectivity index (χ0n) is 34.7. The molecule has 302 valence electrons. The Morgan fingerprint density at radius 3 is 1.74 bits per heavy atom. The number of aromatic nitrogens is 5. The third-order valence-electron chi connectivity index (χ3n) is 12.6. The standard InChI is InChI=1S/C58H34N6O/c59-35-36-26-32-49(46(34-36)58-61-56(39-16-5-2-6-17-39)60-57(62-58)40-29-27-38(28-30-40)37-14-3-1-4-15-37)64-47-22-10-7-18-41(47)43-31-33-50-53(54(43)64)45-20-8-11-23-48(45)63(50)51-24-13-21-44-42-19-9-12-25-52(42)65-55(44)51/h1-34H. The SMILES string of the molecule is N#Cc1ccc(-n2c3ccccc3c3ccc4c(c5ccccc5n4-c4cccc5c4oc4ccccc45)c32)c(-c2nc(-c3ccccc3)nc(-c3ccc(-c4ccccc4)cc3)n2)c1. The molecule has 0 saturated carbocycles. The van der Waals surface area contributed by atoms with Gasteiger partial charge in [0.15, 0.2) is 23.1 Å². The normalized spacial score (nSPS) is 11.7. The number of benzene rings is 9. The van der Waals surface area contributed by atoms with E-state index in [1.807, 2.05) is 78.9 Å². The van der Waals surface area contributed by atoms with E-state index in [2.05, 4.69) is 143 Å². The number of furan rings is 1. The van der Waals surface area contributed by atoms with E-state index in [1.54, 1.807) is 0 Å². The minimum atomic E-state index is 0.463. The summed E-state index contributed by atoms with van der Waals surface area (Å²) in [6.07, 6.45) is 0. The van der Waals surface area contributed by atoms with Gasteiger partial charge in [0, 0.05) is 49.0 Å². The summed E-state index contributed by atoms with van der Waals surface area (Å²) in [6.45, 7) is 0. The summed E-state index contributed by atoms with van der Waals surface area (Å²) in [4.78, 5) is 15.5. The van der Waals surface area contributed by atoms with Crippen LogP contribution in [0.5, 0.6) is 0 Å². The zero-order chi connectivity index (χ0) is 43.0. The van der Waals surface area contributed by atoms with Gasteiger partial charge in [0.05, 0.1) is 45.1 Å². The highest BCUT2D eigenvalue weighted by atomic mass is 16.3. The third kappa shape index (κ3) is 5.71. The molecular formula is C58H34N6O. The molecule has 0 N–H and O–H groups in total. The number of para-hydroxylation sites is 4. The molecule has 0 spiro atoms. The molecule has 0 aliphatic heterocycles. The second kappa shape index (κ2) is 14.5. The highest BCUT2D eigenvalue weighted by Crippen LogP contribution is 2.45. The molecule has 65 heavy (non-hydrogen) atoms. The molecule has 0 unspecified atom stereocenters. The quantitative estimate of drug-likeness (QED) is 0.167. The molecule has 7 nitrogen and oxygen atoms in total. The van der Waals surface area contributed by atoms with Crippen molar-refractivity contribution in [2.24, 2.45) is 0 Å². The fraction of sp³-hybridized carbons (Fsp3) is 0. The lowest BCUT2D eigenvalue weighted by Crippen LogP contribution is -2.04. The third-order valence-corrected chi connectivity index (χ3v) is 12.6. The fourth-order valence-corrected chi connectivity index (χ4v) is 9.69. The van der Waals surface area contributed by atoms with Crippen molar-refractivity contribution in [1.29, 1.82) is 5.26 Å². The first kappa shape index (κ1) is 36.5. The smallest absolute Gasteiger partial charge is 0.166 e. The number of rotatable bonds is 6. The summed E-state index contributed by atoms with van der Waals surface area (Å²) < 4.78 is 11.3. The van der Waals surface area contributed by atoms with E-state index in [0.717, 1.165) is 99.2 Å². The average Bonchev–Trinajstić information content (AvgIpc) is 4.04. The number of nitrogens with zero attached hydrogens (tertiary/aromatic N) is 6. The molecule has 0 aliphatic rings. The lowest BCUT2D eigenvalue weighted by atomic mass is 10.0. The van der Waals surface area contributed by atoms with Crippen molar-refractivity contribution in [3.8, 4) is 62.7 Å². The maximum atomic E-state index is 10.4. The van der Waals surface area contributed by atoms with Crippen molar-refractivity contribution in [1.82, 2.24) is 24.1 Å². The Kier molecular flexibility index (Phi) is 8.14. The number of hydrogen-bond acceptors (Lipinski definition) is 5. The maximum absolute atomic E-state index is 10.4. The van der Waals surface area contributed by atoms with Gasteiger partial charge in [0.25, 0.3) is 0 Å². The van der Waals surface area contributed by atoms with Crippen molar-refractivity contribution >= 4 is 65.6 Å². The molecule has 0 fully saturated rings. The molecule has 0 amide bonds. The molecule has 13 rings (SSSR count). The Hall–Kier alpha value is -9.12. The number of hydrogen-bond donors (Lipinski definition) is 0. The zero-order valence-corrected chi connectivity index (χ0v) is 34.7. The molecule has 0 atom stereocenters. The van der Waals surface area contributed by atoms with Crippen molar-refractivity contribution in [3.05, 3.63) is 212 Å². The van der Waals surface area contributed by atoms with Crippen LogP contribution in [0.4, 0.5) is 0 Å². The van der Waals surface area contributed by atoms with Crippen LogP contribution in [0.3, 0.4) is 0 Å². The van der Waals surface area contributed by atoms with Gasteiger partial charge >= 0.3 is 0 Å². The molecule has 0 aliphatic carbocycles. The highest BCUT2D eigenvalue weighted by Gasteiger charge is 2.25. The fourth-order valence-electron chi connectivity index (χ4n) is 9.69. The first-order chi connectivity index (χ1) is 32.2. The van der Waals surface area contributed by atoms with Crippen LogP contribution in [0.15, 0.2) is 211 Å². The summed E-state index contributed by atoms with van der Waals surface area (Å²) >= 11 is 0. The molecule has 0 radical (unpaired) electrons. The van der Waals surface area contributed by atoms with Gasteiger partial charge in [-0.3, -0.25) is 0 Å². The van der Waals surface area contributed by atoms with Crippen LogP contribution >= 0.6 is 0 Å². The number of nitriles is 1. The summed E-state index contributed by atoms with van der Waals surface area (Å²) in [5.74, 6) is 1.54. The lowest BCUT2D eigenvalue weighted by molar-refractivity contribution is 0.666. The van der Waals surface area contributed by atoms with Crippen LogP contribution in [0, 0.1) is 11.3 Å². The van der Waals surface area contributed by atoms with Crippen molar-refractivity contribution in [2.45, 2.75) is 0 Å². The first-order valence-corrected chi connectivity index (χ1v) is 21.6. The topological polar surface area (TPSA) is 85.5 Å². The second-order valence-corrected chi connectivity index (χ2v) is 16.3. The van der Waals surface area contributed by atoms with E-state index in [4.69, 9.17) is 19.4 Å². The minimum Gasteiger partial charge on any atom is -0.454 e. The van der Waals surface area contributed by atoms with Gasteiger partial charge in [-0.05, 0) is 59.7 Å². The van der Waals surface area contributed by atoms with Crippen LogP contribution in [0.1, 0.15) is 5.56 Å². The summed E-state index contributed by atoms with van der Waals surface area (Å²) in [5, 5.41) is 17.0. The van der Waals surface area contributed by atoms with Crippen molar-refractivity contribution in [2.75, 3.05) is 0 Å². The van der Waals surface area contributed by atoms with Crippen LogP contribution in [0.25, 0.3) is 122 Å². The molecule has 4 heterocycles. The summed E-state index contributed by atoms with van der Waals surface area (Å²) in [5.41, 5.74) is 12.8. The predicted octanol–water partition coefficient (Wildman–Crippen LogP) is 14.5. The van der Waals surface area contributed by atoms with E-state index < -0.39 is 0 Å². The predicted molar refractivity (Wildman–Crippen MR) is 262 cm³/mol. The van der Waals surface area contributed by atoms with Gasteiger partial charge in [-0.2, -0.15) is 5.26 Å². The van der Waals surface area contributed by atoms with Crippen LogP contribution < -0.4 is 0 Å². The van der Waals surface area contributed by atoms with Crippen LogP contribution in [-0.4, -0.2) is 24.1 Å². The molecule has 13 aromatic rings. The summed E-state index contributed by atoms with van der Waals surface area (Å²) in [6, 6.07) is 73.1. The van der Waals surface area contributed by atoms with Gasteiger partial charge in [-0.15, -0.1) is 0 Å². The van der Waals surface area contributed by atoms with E-state index in [0.29, 0.717) is 28.6 Å². The maximum Gasteiger partial charge on any atom is 0.166 e. The monoisotopic (exact) mass is 830 g/mol. The Labute approximate surface area is 372 Å². The van der Waals surface area contributed by atoms with Crippen molar-refractivity contribution in [3.63, 3.8) is 0 Å². The van der Waals surface area contributed by atoms with Crippen LogP contribution in [0.2, 0.25) is 0 Å². The van der Waals surface area contributed by atoms with Crippen LogP contribution in [-0.2, 0) is 0 Å². The van der Waals surface area contributed by atoms with Gasteiger partial charge in [0.1, 0.15) is 5.58 Å². The molecular weight excluding hydrogens is 797 g/mol. The van der Waals surface area contributed by atoms with E-state index in [9.17, 15) is 5.26 Å². The van der Waals surface area contributed by atoms with Gasteiger partial charge in [-0.1, -0.05) is 158 Å². The Morgan fingerprint density at radius 2 is 0.985 bits per heavy atom. The van der Waals surface area contributed by atoms with E-state index in [-0.39, 0.29) is 0 Å². The van der Waals surface area contributed by atoms with Crippen molar-refractivity contribution < 1.29 is 4.42 Å². The minimum absolute atomic E-state index is 0.463. The number of fused-ring (bicyclic) bond motifs is 10. The largest absolute Gasteiger partial charge is 0.454 e. The Balaban J connectivity index is 1.10. The van der Waals surface area contributed by atoms with Gasteiger partial charge in [0.2, 0.25) is 0 Å². The second-order valence-electron chi connectivity index (χ2n) is 16.3. The molecule has 0 saturated heterocycles. The first-order valence-electron chi connectivity index (χ1n) is 21.6. The lowest BCUT2D eigenvalue weighted by Gasteiger charge is -2.16. The Bertz CT molecular complexity index is 4060. The van der Waals surface area contributed by atoms with E-state index in [1.165, 1.54) is 0 Å². The molecule has 7 heteroatoms. The van der Waals surface area contributed by atoms with Gasteiger partial charge in [-0.25, -0.2) is 15.0 Å². The Morgan fingerprint density at radius 1 is 0.400 bits per heavy atom. The molecule has 9 aromatic carbocycles. The summed E-state index contributed by atoms with van der Waals surface area (Å²) in [7, 11) is 0. The van der Waals surface area contributed by atoms with Gasteiger partial charge < -0.3 is 13.6 Å². The molecule has 4 aromatic heterocycles. The highest BCUT2D eigenvalue weighted by molar-refractivity contribution is 6.26. The average molecular weight is 831 g/mol. The molecule has 0 bridgehead atoms.